The second-order valence-electron chi connectivity index (χ2n) is 6.70. The summed E-state index contributed by atoms with van der Waals surface area (Å²) in [5, 5.41) is 4.43. The normalized spacial score (nSPS) is 19.3. The van der Waals surface area contributed by atoms with Gasteiger partial charge in [-0.25, -0.2) is 4.98 Å². The van der Waals surface area contributed by atoms with Gasteiger partial charge in [0.1, 0.15) is 5.82 Å². The van der Waals surface area contributed by atoms with Crippen molar-refractivity contribution in [3.05, 3.63) is 36.0 Å². The Hall–Kier alpha value is -1.95. The Bertz CT molecular complexity index is 636. The molecule has 0 unspecified atom stereocenters. The zero-order valence-electron chi connectivity index (χ0n) is 14.0. The van der Waals surface area contributed by atoms with Crippen LogP contribution in [0.1, 0.15) is 44.1 Å². The molecule has 0 amide bonds. The minimum atomic E-state index is 0.403. The van der Waals surface area contributed by atoms with Gasteiger partial charge in [-0.15, -0.1) is 0 Å². The van der Waals surface area contributed by atoms with Crippen molar-refractivity contribution in [1.82, 2.24) is 24.6 Å². The molecule has 1 aliphatic rings. The van der Waals surface area contributed by atoms with E-state index in [-0.39, 0.29) is 0 Å². The molecule has 0 saturated carbocycles. The van der Waals surface area contributed by atoms with Crippen molar-refractivity contribution >= 4 is 5.82 Å². The highest BCUT2D eigenvalue weighted by Crippen LogP contribution is 2.23. The molecule has 2 aromatic rings. The number of hydrogen-bond acceptors (Lipinski definition) is 5. The lowest BCUT2D eigenvalue weighted by Gasteiger charge is -2.33. The maximum Gasteiger partial charge on any atom is 0.145 e. The first-order valence-electron chi connectivity index (χ1n) is 8.43. The summed E-state index contributed by atoms with van der Waals surface area (Å²) in [7, 11) is 0. The van der Waals surface area contributed by atoms with Crippen LogP contribution in [0.2, 0.25) is 0 Å². The van der Waals surface area contributed by atoms with Crippen molar-refractivity contribution in [1.29, 1.82) is 0 Å². The smallest absolute Gasteiger partial charge is 0.145 e. The molecule has 0 spiro atoms. The highest BCUT2D eigenvalue weighted by atomic mass is 15.3. The first kappa shape index (κ1) is 15.9. The zero-order valence-corrected chi connectivity index (χ0v) is 14.0. The molecule has 6 heteroatoms. The van der Waals surface area contributed by atoms with E-state index in [9.17, 15) is 0 Å². The van der Waals surface area contributed by atoms with Crippen molar-refractivity contribution in [3.63, 3.8) is 0 Å². The first-order chi connectivity index (χ1) is 11.1. The van der Waals surface area contributed by atoms with Crippen molar-refractivity contribution in [3.8, 4) is 0 Å². The molecule has 0 aliphatic carbocycles. The average molecular weight is 314 g/mol. The molecule has 3 rings (SSSR count). The van der Waals surface area contributed by atoms with E-state index in [4.69, 9.17) is 5.73 Å². The van der Waals surface area contributed by atoms with Crippen molar-refractivity contribution < 1.29 is 0 Å². The largest absolute Gasteiger partial charge is 0.382 e. The van der Waals surface area contributed by atoms with Crippen LogP contribution in [0.15, 0.2) is 24.7 Å². The third kappa shape index (κ3) is 3.88. The maximum atomic E-state index is 5.94. The van der Waals surface area contributed by atoms with Gasteiger partial charge >= 0.3 is 0 Å². The number of hydrogen-bond donors (Lipinski definition) is 1. The quantitative estimate of drug-likeness (QED) is 0.916. The number of rotatable bonds is 5. The summed E-state index contributed by atoms with van der Waals surface area (Å²) in [6, 6.07) is 2.53. The SMILES string of the molecule is CC(C)n1nccc1CN1CCC[C@H](Cc2nccnc2N)C1. The van der Waals surface area contributed by atoms with E-state index in [1.54, 1.807) is 12.4 Å². The van der Waals surface area contributed by atoms with Gasteiger partial charge in [0.05, 0.1) is 11.4 Å². The molecule has 2 N–H and O–H groups in total. The second kappa shape index (κ2) is 7.08. The molecule has 0 radical (unpaired) electrons. The monoisotopic (exact) mass is 314 g/mol. The van der Waals surface area contributed by atoms with Gasteiger partial charge in [0.25, 0.3) is 0 Å². The molecular formula is C17H26N6. The first-order valence-corrected chi connectivity index (χ1v) is 8.43. The summed E-state index contributed by atoms with van der Waals surface area (Å²) in [5.41, 5.74) is 8.16. The van der Waals surface area contributed by atoms with E-state index >= 15 is 0 Å². The highest BCUT2D eigenvalue weighted by Gasteiger charge is 2.22. The average Bonchev–Trinajstić information content (AvgIpc) is 2.98. The van der Waals surface area contributed by atoms with Gasteiger partial charge in [-0.05, 0) is 51.6 Å². The van der Waals surface area contributed by atoms with Gasteiger partial charge in [-0.3, -0.25) is 14.6 Å². The molecule has 6 nitrogen and oxygen atoms in total. The van der Waals surface area contributed by atoms with E-state index in [2.05, 4.69) is 44.6 Å². The van der Waals surface area contributed by atoms with Gasteiger partial charge in [-0.2, -0.15) is 5.10 Å². The van der Waals surface area contributed by atoms with Crippen LogP contribution >= 0.6 is 0 Å². The number of nitrogens with two attached hydrogens (primary N) is 1. The van der Waals surface area contributed by atoms with E-state index in [1.165, 1.54) is 18.5 Å². The minimum absolute atomic E-state index is 0.403. The minimum Gasteiger partial charge on any atom is -0.382 e. The Morgan fingerprint density at radius 3 is 2.87 bits per heavy atom. The maximum absolute atomic E-state index is 5.94. The van der Waals surface area contributed by atoms with Gasteiger partial charge in [-0.1, -0.05) is 0 Å². The molecule has 3 heterocycles. The molecule has 0 bridgehead atoms. The molecule has 0 aromatic carbocycles. The summed E-state index contributed by atoms with van der Waals surface area (Å²) in [5.74, 6) is 1.17. The summed E-state index contributed by atoms with van der Waals surface area (Å²) in [6.07, 6.45) is 8.65. The van der Waals surface area contributed by atoms with Gasteiger partial charge in [0.15, 0.2) is 0 Å². The number of nitrogens with zero attached hydrogens (tertiary/aromatic N) is 5. The van der Waals surface area contributed by atoms with E-state index < -0.39 is 0 Å². The fourth-order valence-corrected chi connectivity index (χ4v) is 3.43. The standard InChI is InChI=1S/C17H26N6/c1-13(2)23-15(5-6-21-23)12-22-9-3-4-14(11-22)10-16-17(18)20-8-7-19-16/h5-8,13-14H,3-4,9-12H2,1-2H3,(H2,18,20)/t14-/m1/s1. The molecule has 1 aliphatic heterocycles. The Kier molecular flexibility index (Phi) is 4.91. The van der Waals surface area contributed by atoms with Crippen LogP contribution in [-0.4, -0.2) is 37.7 Å². The van der Waals surface area contributed by atoms with E-state index in [0.29, 0.717) is 17.8 Å². The molecule has 124 valence electrons. The van der Waals surface area contributed by atoms with Crippen LogP contribution in [-0.2, 0) is 13.0 Å². The zero-order chi connectivity index (χ0) is 16.2. The highest BCUT2D eigenvalue weighted by molar-refractivity contribution is 5.33. The number of anilines is 1. The summed E-state index contributed by atoms with van der Waals surface area (Å²) < 4.78 is 2.12. The summed E-state index contributed by atoms with van der Waals surface area (Å²) in [6.45, 7) is 7.54. The molecule has 1 fully saturated rings. The Labute approximate surface area is 137 Å². The number of piperidine rings is 1. The fourth-order valence-electron chi connectivity index (χ4n) is 3.43. The van der Waals surface area contributed by atoms with Crippen molar-refractivity contribution in [2.45, 2.75) is 45.7 Å². The van der Waals surface area contributed by atoms with Crippen molar-refractivity contribution in [2.24, 2.45) is 5.92 Å². The van der Waals surface area contributed by atoms with E-state index in [0.717, 1.165) is 31.7 Å². The lowest BCUT2D eigenvalue weighted by atomic mass is 9.93. The van der Waals surface area contributed by atoms with Crippen LogP contribution in [0.25, 0.3) is 0 Å². The van der Waals surface area contributed by atoms with Crippen molar-refractivity contribution in [2.75, 3.05) is 18.8 Å². The van der Waals surface area contributed by atoms with Gasteiger partial charge < -0.3 is 5.73 Å². The van der Waals surface area contributed by atoms with Gasteiger partial charge in [0, 0.05) is 37.7 Å². The Morgan fingerprint density at radius 1 is 1.26 bits per heavy atom. The second-order valence-corrected chi connectivity index (χ2v) is 6.70. The summed E-state index contributed by atoms with van der Waals surface area (Å²) >= 11 is 0. The third-order valence-electron chi connectivity index (χ3n) is 4.52. The number of nitrogen functional groups attached to an aromatic ring is 1. The predicted molar refractivity (Wildman–Crippen MR) is 90.8 cm³/mol. The molecule has 1 saturated heterocycles. The molecule has 2 aromatic heterocycles. The fraction of sp³-hybridized carbons (Fsp3) is 0.588. The number of likely N-dealkylation sites (tertiary alicyclic amines) is 1. The lowest BCUT2D eigenvalue weighted by Crippen LogP contribution is -2.36. The van der Waals surface area contributed by atoms with Crippen LogP contribution in [0.5, 0.6) is 0 Å². The van der Waals surface area contributed by atoms with Crippen LogP contribution in [0.4, 0.5) is 5.82 Å². The lowest BCUT2D eigenvalue weighted by molar-refractivity contribution is 0.161. The molecule has 23 heavy (non-hydrogen) atoms. The Morgan fingerprint density at radius 2 is 2.09 bits per heavy atom. The van der Waals surface area contributed by atoms with Crippen LogP contribution in [0.3, 0.4) is 0 Å². The number of aromatic nitrogens is 4. The summed E-state index contributed by atoms with van der Waals surface area (Å²) in [4.78, 5) is 11.1. The Balaban J connectivity index is 1.62. The van der Waals surface area contributed by atoms with Crippen LogP contribution < -0.4 is 5.73 Å². The van der Waals surface area contributed by atoms with Crippen LogP contribution in [0, 0.1) is 5.92 Å². The molecular weight excluding hydrogens is 288 g/mol. The predicted octanol–water partition coefficient (Wildman–Crippen LogP) is 2.29. The van der Waals surface area contributed by atoms with Gasteiger partial charge in [0.2, 0.25) is 0 Å². The molecule has 1 atom stereocenters. The van der Waals surface area contributed by atoms with E-state index in [1.807, 2.05) is 6.20 Å². The third-order valence-corrected chi connectivity index (χ3v) is 4.52. The topological polar surface area (TPSA) is 72.9 Å².